The Kier molecular flexibility index (Phi) is 5.05. The van der Waals surface area contributed by atoms with Gasteiger partial charge in [-0.2, -0.15) is 16.8 Å². The number of hydrogen-bond donors (Lipinski definition) is 2. The van der Waals surface area contributed by atoms with Crippen LogP contribution in [0.25, 0.3) is 10.8 Å². The van der Waals surface area contributed by atoms with Gasteiger partial charge in [-0.3, -0.25) is 9.11 Å². The number of carbonyl (C=O) groups is 2. The molecule has 0 radical (unpaired) electrons. The molecule has 0 aromatic heterocycles. The normalized spacial score (nSPS) is 12.0. The van der Waals surface area contributed by atoms with Crippen molar-refractivity contribution in [2.24, 2.45) is 0 Å². The van der Waals surface area contributed by atoms with Gasteiger partial charge in [0.05, 0.1) is 25.3 Å². The van der Waals surface area contributed by atoms with Gasteiger partial charge >= 0.3 is 11.9 Å². The van der Waals surface area contributed by atoms with Crippen molar-refractivity contribution in [1.82, 2.24) is 0 Å². The summed E-state index contributed by atoms with van der Waals surface area (Å²) in [6.07, 6.45) is 0. The highest BCUT2D eigenvalue weighted by molar-refractivity contribution is 7.86. The molecule has 0 spiro atoms. The summed E-state index contributed by atoms with van der Waals surface area (Å²) < 4.78 is 74.1. The maximum atomic E-state index is 11.8. The number of ether oxygens (including phenoxy) is 2. The first-order valence-corrected chi connectivity index (χ1v) is 9.51. The fourth-order valence-corrected chi connectivity index (χ4v) is 3.72. The molecule has 0 fully saturated rings. The zero-order valence-electron chi connectivity index (χ0n) is 13.3. The quantitative estimate of drug-likeness (QED) is 0.553. The molecule has 0 aliphatic rings. The second kappa shape index (κ2) is 6.64. The van der Waals surface area contributed by atoms with Crippen molar-refractivity contribution in [2.45, 2.75) is 9.79 Å². The van der Waals surface area contributed by atoms with Crippen LogP contribution in [0.3, 0.4) is 0 Å². The fraction of sp³-hybridized carbons (Fsp3) is 0.143. The highest BCUT2D eigenvalue weighted by atomic mass is 32.2. The molecule has 0 unspecified atom stereocenters. The van der Waals surface area contributed by atoms with Crippen LogP contribution in [-0.4, -0.2) is 52.1 Å². The van der Waals surface area contributed by atoms with Gasteiger partial charge in [0.25, 0.3) is 20.2 Å². The minimum Gasteiger partial charge on any atom is -0.465 e. The molecule has 26 heavy (non-hydrogen) atoms. The lowest BCUT2D eigenvalue weighted by Crippen LogP contribution is -2.12. The van der Waals surface area contributed by atoms with Crippen LogP contribution >= 0.6 is 0 Å². The molecular formula is C14H12O10S2. The standard InChI is InChI=1S/C14H12O10S2/c1-23-13(15)8-3-7-4-12(26(20,21)22)10(14(16)24-2)6-9(7)11(5-8)25(17,18)19/h3-6H,1-2H3,(H,17,18,19)(H,20,21,22). The molecule has 2 aromatic rings. The molecule has 0 aliphatic heterocycles. The van der Waals surface area contributed by atoms with Crippen LogP contribution in [0.2, 0.25) is 0 Å². The lowest BCUT2D eigenvalue weighted by Gasteiger charge is -2.11. The molecule has 0 saturated heterocycles. The maximum absolute atomic E-state index is 11.8. The summed E-state index contributed by atoms with van der Waals surface area (Å²) in [6, 6.07) is 3.47. The Balaban J connectivity index is 3.07. The summed E-state index contributed by atoms with van der Waals surface area (Å²) in [5.41, 5.74) is -0.960. The van der Waals surface area contributed by atoms with Crippen LogP contribution in [0, 0.1) is 0 Å². The van der Waals surface area contributed by atoms with E-state index >= 15 is 0 Å². The molecule has 0 bridgehead atoms. The summed E-state index contributed by atoms with van der Waals surface area (Å²) in [7, 11) is -7.78. The topological polar surface area (TPSA) is 161 Å². The molecule has 0 aliphatic carbocycles. The lowest BCUT2D eigenvalue weighted by molar-refractivity contribution is 0.0589. The van der Waals surface area contributed by atoms with Crippen molar-refractivity contribution < 1.29 is 45.0 Å². The summed E-state index contributed by atoms with van der Waals surface area (Å²) >= 11 is 0. The second-order valence-electron chi connectivity index (χ2n) is 4.98. The molecule has 2 N–H and O–H groups in total. The zero-order valence-corrected chi connectivity index (χ0v) is 14.9. The van der Waals surface area contributed by atoms with E-state index in [1.807, 2.05) is 0 Å². The van der Waals surface area contributed by atoms with Gasteiger partial charge < -0.3 is 9.47 Å². The molecule has 0 heterocycles. The maximum Gasteiger partial charge on any atom is 0.339 e. The molecule has 140 valence electrons. The van der Waals surface area contributed by atoms with Gasteiger partial charge in [-0.25, -0.2) is 9.59 Å². The predicted octanol–water partition coefficient (Wildman–Crippen LogP) is 0.906. The summed E-state index contributed by atoms with van der Waals surface area (Å²) in [5.74, 6) is -2.12. The Hall–Kier alpha value is -2.54. The molecule has 12 heteroatoms. The summed E-state index contributed by atoms with van der Waals surface area (Å²) in [6.45, 7) is 0. The van der Waals surface area contributed by atoms with Gasteiger partial charge in [0, 0.05) is 5.39 Å². The van der Waals surface area contributed by atoms with E-state index in [4.69, 9.17) is 0 Å². The highest BCUT2D eigenvalue weighted by Gasteiger charge is 2.26. The lowest BCUT2D eigenvalue weighted by atomic mass is 10.0. The molecule has 2 aromatic carbocycles. The third-order valence-electron chi connectivity index (χ3n) is 3.40. The molecule has 10 nitrogen and oxygen atoms in total. The van der Waals surface area contributed by atoms with Crippen LogP contribution in [0.15, 0.2) is 34.1 Å². The van der Waals surface area contributed by atoms with E-state index in [1.54, 1.807) is 0 Å². The van der Waals surface area contributed by atoms with Crippen molar-refractivity contribution in [3.8, 4) is 0 Å². The fourth-order valence-electron chi connectivity index (χ4n) is 2.29. The van der Waals surface area contributed by atoms with Crippen molar-refractivity contribution in [1.29, 1.82) is 0 Å². The Morgan fingerprint density at radius 2 is 1.35 bits per heavy atom. The second-order valence-corrected chi connectivity index (χ2v) is 7.76. The Bertz CT molecular complexity index is 1130. The number of fused-ring (bicyclic) bond motifs is 1. The van der Waals surface area contributed by atoms with E-state index in [2.05, 4.69) is 9.47 Å². The smallest absolute Gasteiger partial charge is 0.339 e. The third-order valence-corrected chi connectivity index (χ3v) is 5.18. The number of esters is 2. The SMILES string of the molecule is COC(=O)c1cc(S(=O)(=O)O)c2cc(C(=O)OC)c(S(=O)(=O)O)cc2c1. The number of benzene rings is 2. The van der Waals surface area contributed by atoms with E-state index in [9.17, 15) is 35.5 Å². The number of carbonyl (C=O) groups excluding carboxylic acids is 2. The number of hydrogen-bond acceptors (Lipinski definition) is 8. The first-order valence-electron chi connectivity index (χ1n) is 6.63. The minimum atomic E-state index is -4.90. The van der Waals surface area contributed by atoms with Gasteiger partial charge in [0.1, 0.15) is 9.79 Å². The van der Waals surface area contributed by atoms with Crippen LogP contribution in [0.4, 0.5) is 0 Å². The molecule has 0 amide bonds. The summed E-state index contributed by atoms with van der Waals surface area (Å²) in [4.78, 5) is 21.9. The van der Waals surface area contributed by atoms with Crippen molar-refractivity contribution >= 4 is 42.9 Å². The average Bonchev–Trinajstić information content (AvgIpc) is 2.56. The summed E-state index contributed by atoms with van der Waals surface area (Å²) in [5, 5.41) is -0.436. The largest absolute Gasteiger partial charge is 0.465 e. The highest BCUT2D eigenvalue weighted by Crippen LogP contribution is 2.30. The Morgan fingerprint density at radius 1 is 0.808 bits per heavy atom. The van der Waals surface area contributed by atoms with Crippen LogP contribution in [0.1, 0.15) is 20.7 Å². The molecule has 0 atom stereocenters. The van der Waals surface area contributed by atoms with E-state index in [-0.39, 0.29) is 16.3 Å². The minimum absolute atomic E-state index is 0.166. The Morgan fingerprint density at radius 3 is 1.81 bits per heavy atom. The van der Waals surface area contributed by atoms with Crippen LogP contribution < -0.4 is 0 Å². The van der Waals surface area contributed by atoms with Gasteiger partial charge in [-0.1, -0.05) is 0 Å². The van der Waals surface area contributed by atoms with Crippen molar-refractivity contribution in [3.05, 3.63) is 35.4 Å². The van der Waals surface area contributed by atoms with Gasteiger partial charge in [-0.05, 0) is 29.7 Å². The van der Waals surface area contributed by atoms with Crippen LogP contribution in [-0.2, 0) is 29.7 Å². The molecule has 2 rings (SSSR count). The van der Waals surface area contributed by atoms with Gasteiger partial charge in [0.2, 0.25) is 0 Å². The molecule has 0 saturated carbocycles. The van der Waals surface area contributed by atoms with E-state index in [1.165, 1.54) is 0 Å². The van der Waals surface area contributed by atoms with E-state index in [0.29, 0.717) is 0 Å². The van der Waals surface area contributed by atoms with E-state index in [0.717, 1.165) is 38.5 Å². The van der Waals surface area contributed by atoms with Crippen LogP contribution in [0.5, 0.6) is 0 Å². The predicted molar refractivity (Wildman–Crippen MR) is 86.3 cm³/mol. The number of rotatable bonds is 4. The molecular weight excluding hydrogens is 392 g/mol. The van der Waals surface area contributed by atoms with E-state index < -0.39 is 47.5 Å². The van der Waals surface area contributed by atoms with Gasteiger partial charge in [0.15, 0.2) is 0 Å². The first-order chi connectivity index (χ1) is 11.9. The Labute approximate surface area is 147 Å². The average molecular weight is 404 g/mol. The van der Waals surface area contributed by atoms with Gasteiger partial charge in [-0.15, -0.1) is 0 Å². The monoisotopic (exact) mass is 404 g/mol. The van der Waals surface area contributed by atoms with Crippen molar-refractivity contribution in [2.75, 3.05) is 14.2 Å². The third kappa shape index (κ3) is 3.67. The first kappa shape index (κ1) is 19.8. The zero-order chi connectivity index (χ0) is 19.9. The van der Waals surface area contributed by atoms with Crippen molar-refractivity contribution in [3.63, 3.8) is 0 Å². The number of methoxy groups -OCH3 is 2.